The van der Waals surface area contributed by atoms with Crippen molar-refractivity contribution in [2.45, 2.75) is 27.3 Å². The maximum absolute atomic E-state index is 5.46. The molecule has 0 atom stereocenters. The number of hydrogen-bond donors (Lipinski definition) is 0. The van der Waals surface area contributed by atoms with Crippen LogP contribution in [-0.4, -0.2) is 4.57 Å². The van der Waals surface area contributed by atoms with E-state index < -0.39 is 0 Å². The van der Waals surface area contributed by atoms with Gasteiger partial charge in [-0.05, 0) is 44.0 Å². The molecule has 4 heteroatoms. The molecule has 3 nitrogen and oxygen atoms in total. The molecule has 21 heavy (non-hydrogen) atoms. The number of benzene rings is 1. The average Bonchev–Trinajstić information content (AvgIpc) is 3.07. The van der Waals surface area contributed by atoms with Crippen molar-refractivity contribution in [2.75, 3.05) is 0 Å². The summed E-state index contributed by atoms with van der Waals surface area (Å²) in [5.74, 6) is 0.944. The summed E-state index contributed by atoms with van der Waals surface area (Å²) >= 11 is 1.66. The zero-order chi connectivity index (χ0) is 14.8. The molecule has 3 aromatic rings. The maximum atomic E-state index is 5.46. The van der Waals surface area contributed by atoms with Gasteiger partial charge in [-0.2, -0.15) is 0 Å². The van der Waals surface area contributed by atoms with Crippen LogP contribution in [0.2, 0.25) is 0 Å². The minimum Gasteiger partial charge on any atom is -0.467 e. The van der Waals surface area contributed by atoms with Crippen molar-refractivity contribution in [1.82, 2.24) is 4.57 Å². The minimum absolute atomic E-state index is 0.714. The zero-order valence-electron chi connectivity index (χ0n) is 12.5. The van der Waals surface area contributed by atoms with Gasteiger partial charge in [0.15, 0.2) is 4.80 Å². The summed E-state index contributed by atoms with van der Waals surface area (Å²) in [5, 5.41) is 2.13. The molecule has 0 aliphatic carbocycles. The van der Waals surface area contributed by atoms with Gasteiger partial charge < -0.3 is 8.98 Å². The molecule has 108 valence electrons. The van der Waals surface area contributed by atoms with Gasteiger partial charge in [-0.15, -0.1) is 11.3 Å². The van der Waals surface area contributed by atoms with Gasteiger partial charge in [0.05, 0.1) is 18.5 Å². The number of aromatic nitrogens is 1. The highest BCUT2D eigenvalue weighted by atomic mass is 32.1. The Bertz CT molecular complexity index is 789. The van der Waals surface area contributed by atoms with Crippen molar-refractivity contribution in [2.24, 2.45) is 4.99 Å². The third-order valence-electron chi connectivity index (χ3n) is 3.53. The van der Waals surface area contributed by atoms with Gasteiger partial charge in [0.1, 0.15) is 5.76 Å². The van der Waals surface area contributed by atoms with Crippen molar-refractivity contribution < 1.29 is 4.42 Å². The predicted molar refractivity (Wildman–Crippen MR) is 86.0 cm³/mol. The number of rotatable bonds is 3. The normalized spacial score (nSPS) is 12.0. The van der Waals surface area contributed by atoms with E-state index in [2.05, 4.69) is 48.9 Å². The standard InChI is InChI=1S/C17H18N2OS/c1-12-6-4-7-13(2)16(12)18-17-19(14(3)11-21-17)10-15-8-5-9-20-15/h4-9,11H,10H2,1-3H3. The maximum Gasteiger partial charge on any atom is 0.190 e. The van der Waals surface area contributed by atoms with Crippen LogP contribution in [0.5, 0.6) is 0 Å². The Morgan fingerprint density at radius 2 is 1.86 bits per heavy atom. The smallest absolute Gasteiger partial charge is 0.190 e. The van der Waals surface area contributed by atoms with E-state index in [1.54, 1.807) is 17.6 Å². The van der Waals surface area contributed by atoms with Gasteiger partial charge >= 0.3 is 0 Å². The van der Waals surface area contributed by atoms with E-state index >= 15 is 0 Å². The highest BCUT2D eigenvalue weighted by molar-refractivity contribution is 7.07. The largest absolute Gasteiger partial charge is 0.467 e. The first-order valence-corrected chi connectivity index (χ1v) is 7.81. The second-order valence-electron chi connectivity index (χ2n) is 5.18. The second kappa shape index (κ2) is 5.74. The van der Waals surface area contributed by atoms with E-state index in [1.807, 2.05) is 12.1 Å². The molecular weight excluding hydrogens is 280 g/mol. The Morgan fingerprint density at radius 3 is 2.52 bits per heavy atom. The Hall–Kier alpha value is -2.07. The van der Waals surface area contributed by atoms with Gasteiger partial charge in [0.2, 0.25) is 0 Å². The molecule has 0 aliphatic rings. The number of nitrogens with zero attached hydrogens (tertiary/aromatic N) is 2. The summed E-state index contributed by atoms with van der Waals surface area (Å²) in [7, 11) is 0. The first-order valence-electron chi connectivity index (χ1n) is 6.93. The van der Waals surface area contributed by atoms with Crippen LogP contribution >= 0.6 is 11.3 Å². The van der Waals surface area contributed by atoms with Gasteiger partial charge in [0.25, 0.3) is 0 Å². The van der Waals surface area contributed by atoms with E-state index in [9.17, 15) is 0 Å². The molecule has 0 bridgehead atoms. The number of thiazole rings is 1. The van der Waals surface area contributed by atoms with Crippen LogP contribution < -0.4 is 4.80 Å². The molecule has 0 amide bonds. The lowest BCUT2D eigenvalue weighted by atomic mass is 10.1. The Labute approximate surface area is 128 Å². The third-order valence-corrected chi connectivity index (χ3v) is 4.51. The molecule has 2 aromatic heterocycles. The van der Waals surface area contributed by atoms with Gasteiger partial charge in [-0.3, -0.25) is 0 Å². The fourth-order valence-corrected chi connectivity index (χ4v) is 3.21. The van der Waals surface area contributed by atoms with Gasteiger partial charge in [-0.25, -0.2) is 4.99 Å². The molecule has 0 saturated heterocycles. The zero-order valence-corrected chi connectivity index (χ0v) is 13.3. The lowest BCUT2D eigenvalue weighted by molar-refractivity contribution is 0.488. The van der Waals surface area contributed by atoms with Crippen molar-refractivity contribution in [1.29, 1.82) is 0 Å². The molecule has 0 fully saturated rings. The summed E-state index contributed by atoms with van der Waals surface area (Å²) in [6.07, 6.45) is 1.71. The highest BCUT2D eigenvalue weighted by Crippen LogP contribution is 2.22. The van der Waals surface area contributed by atoms with Crippen LogP contribution in [0.4, 0.5) is 5.69 Å². The topological polar surface area (TPSA) is 30.4 Å². The molecule has 0 unspecified atom stereocenters. The SMILES string of the molecule is Cc1cccc(C)c1N=c1scc(C)n1Cc1ccco1. The van der Waals surface area contributed by atoms with Crippen molar-refractivity contribution in [3.05, 3.63) is 69.4 Å². The highest BCUT2D eigenvalue weighted by Gasteiger charge is 2.06. The first kappa shape index (κ1) is 13.9. The van der Waals surface area contributed by atoms with Crippen LogP contribution in [0.15, 0.2) is 51.4 Å². The average molecular weight is 298 g/mol. The Morgan fingerprint density at radius 1 is 1.10 bits per heavy atom. The van der Waals surface area contributed by atoms with Crippen LogP contribution in [0, 0.1) is 20.8 Å². The number of furan rings is 1. The number of para-hydroxylation sites is 1. The Kier molecular flexibility index (Phi) is 3.80. The van der Waals surface area contributed by atoms with E-state index in [0.717, 1.165) is 16.2 Å². The first-order chi connectivity index (χ1) is 10.1. The molecule has 0 aliphatic heterocycles. The predicted octanol–water partition coefficient (Wildman–Crippen LogP) is 4.35. The van der Waals surface area contributed by atoms with Crippen LogP contribution in [-0.2, 0) is 6.54 Å². The van der Waals surface area contributed by atoms with Crippen LogP contribution in [0.3, 0.4) is 0 Å². The van der Waals surface area contributed by atoms with E-state index in [4.69, 9.17) is 9.41 Å². The minimum atomic E-state index is 0.714. The fraction of sp³-hybridized carbons (Fsp3) is 0.235. The number of aryl methyl sites for hydroxylation is 3. The molecule has 0 spiro atoms. The Balaban J connectivity index is 2.09. The molecule has 2 heterocycles. The van der Waals surface area contributed by atoms with Crippen molar-refractivity contribution in [3.8, 4) is 0 Å². The lowest BCUT2D eigenvalue weighted by Crippen LogP contribution is -2.16. The summed E-state index contributed by atoms with van der Waals surface area (Å²) in [4.78, 5) is 5.88. The summed E-state index contributed by atoms with van der Waals surface area (Å²) in [6.45, 7) is 7.02. The molecule has 0 saturated carbocycles. The summed E-state index contributed by atoms with van der Waals surface area (Å²) in [6, 6.07) is 10.2. The van der Waals surface area contributed by atoms with Crippen LogP contribution in [0.1, 0.15) is 22.6 Å². The van der Waals surface area contributed by atoms with Gasteiger partial charge in [-0.1, -0.05) is 18.2 Å². The molecule has 0 radical (unpaired) electrons. The molecule has 1 aromatic carbocycles. The van der Waals surface area contributed by atoms with Crippen LogP contribution in [0.25, 0.3) is 0 Å². The summed E-state index contributed by atoms with van der Waals surface area (Å²) in [5.41, 5.74) is 4.66. The van der Waals surface area contributed by atoms with Gasteiger partial charge in [0, 0.05) is 11.1 Å². The summed E-state index contributed by atoms with van der Waals surface area (Å²) < 4.78 is 7.65. The van der Waals surface area contributed by atoms with E-state index in [-0.39, 0.29) is 0 Å². The molecule has 0 N–H and O–H groups in total. The second-order valence-corrected chi connectivity index (χ2v) is 6.01. The monoisotopic (exact) mass is 298 g/mol. The fourth-order valence-electron chi connectivity index (χ4n) is 2.33. The quantitative estimate of drug-likeness (QED) is 0.707. The molecular formula is C17H18N2OS. The van der Waals surface area contributed by atoms with Crippen molar-refractivity contribution >= 4 is 17.0 Å². The van der Waals surface area contributed by atoms with E-state index in [0.29, 0.717) is 6.54 Å². The van der Waals surface area contributed by atoms with Crippen molar-refractivity contribution in [3.63, 3.8) is 0 Å². The molecule has 3 rings (SSSR count). The lowest BCUT2D eigenvalue weighted by Gasteiger charge is -2.06. The number of hydrogen-bond acceptors (Lipinski definition) is 3. The third kappa shape index (κ3) is 2.85. The van der Waals surface area contributed by atoms with E-state index in [1.165, 1.54) is 16.8 Å².